The highest BCUT2D eigenvalue weighted by Crippen LogP contribution is 2.10. The standard InChI is InChI=1S/C11H11ClO3/c1-7(12)11(15)9-4-2-8(3-5-9)6-10(13)14/h2-5,7H,6H2,1H3,(H,13,14)/t7-/m1/s1. The number of hydrogen-bond acceptors (Lipinski definition) is 2. The quantitative estimate of drug-likeness (QED) is 0.632. The Balaban J connectivity index is 2.81. The summed E-state index contributed by atoms with van der Waals surface area (Å²) < 4.78 is 0. The van der Waals surface area contributed by atoms with E-state index in [4.69, 9.17) is 16.7 Å². The van der Waals surface area contributed by atoms with Crippen LogP contribution in [0.15, 0.2) is 24.3 Å². The second kappa shape index (κ2) is 4.94. The monoisotopic (exact) mass is 226 g/mol. The fraction of sp³-hybridized carbons (Fsp3) is 0.273. The number of Topliss-reactive ketones (excluding diaryl/α,β-unsaturated/α-hetero) is 1. The summed E-state index contributed by atoms with van der Waals surface area (Å²) in [5.74, 6) is -1.04. The van der Waals surface area contributed by atoms with E-state index in [-0.39, 0.29) is 12.2 Å². The predicted octanol–water partition coefficient (Wildman–Crippen LogP) is 2.12. The van der Waals surface area contributed by atoms with Crippen LogP contribution in [0.4, 0.5) is 0 Å². The number of hydrogen-bond donors (Lipinski definition) is 1. The number of carbonyl (C=O) groups excluding carboxylic acids is 1. The van der Waals surface area contributed by atoms with E-state index >= 15 is 0 Å². The van der Waals surface area contributed by atoms with Crippen molar-refractivity contribution in [2.24, 2.45) is 0 Å². The third kappa shape index (κ3) is 3.36. The van der Waals surface area contributed by atoms with Crippen LogP contribution in [0.25, 0.3) is 0 Å². The molecule has 0 unspecified atom stereocenters. The normalized spacial score (nSPS) is 12.1. The Bertz CT molecular complexity index is 368. The molecule has 15 heavy (non-hydrogen) atoms. The Morgan fingerprint density at radius 2 is 1.87 bits per heavy atom. The minimum atomic E-state index is -0.889. The molecule has 0 fully saturated rings. The molecule has 0 radical (unpaired) electrons. The Morgan fingerprint density at radius 3 is 2.27 bits per heavy atom. The molecular weight excluding hydrogens is 216 g/mol. The fourth-order valence-corrected chi connectivity index (χ4v) is 1.32. The van der Waals surface area contributed by atoms with Crippen LogP contribution in [0.2, 0.25) is 0 Å². The highest BCUT2D eigenvalue weighted by atomic mass is 35.5. The summed E-state index contributed by atoms with van der Waals surface area (Å²) in [6.07, 6.45) is -0.0368. The minimum absolute atomic E-state index is 0.0368. The molecule has 3 nitrogen and oxygen atoms in total. The Kier molecular flexibility index (Phi) is 3.86. The van der Waals surface area contributed by atoms with Crippen molar-refractivity contribution in [1.29, 1.82) is 0 Å². The van der Waals surface area contributed by atoms with E-state index in [0.717, 1.165) is 0 Å². The molecule has 0 spiro atoms. The Morgan fingerprint density at radius 1 is 1.33 bits per heavy atom. The van der Waals surface area contributed by atoms with Gasteiger partial charge >= 0.3 is 5.97 Å². The van der Waals surface area contributed by atoms with Gasteiger partial charge in [-0.1, -0.05) is 24.3 Å². The number of rotatable bonds is 4. The molecule has 0 aliphatic heterocycles. The zero-order valence-corrected chi connectivity index (χ0v) is 8.99. The number of carboxylic acid groups (broad SMARTS) is 1. The lowest BCUT2D eigenvalue weighted by Crippen LogP contribution is -2.10. The van der Waals surface area contributed by atoms with Crippen LogP contribution in [0, 0.1) is 0 Å². The summed E-state index contributed by atoms with van der Waals surface area (Å²) >= 11 is 5.64. The molecule has 0 amide bonds. The molecule has 0 saturated heterocycles. The van der Waals surface area contributed by atoms with Gasteiger partial charge in [-0.2, -0.15) is 0 Å². The van der Waals surface area contributed by atoms with E-state index in [1.54, 1.807) is 31.2 Å². The number of carboxylic acids is 1. The molecule has 0 aromatic heterocycles. The van der Waals surface area contributed by atoms with Crippen LogP contribution in [0.5, 0.6) is 0 Å². The van der Waals surface area contributed by atoms with Crippen LogP contribution in [0.3, 0.4) is 0 Å². The fourth-order valence-electron chi connectivity index (χ4n) is 1.19. The minimum Gasteiger partial charge on any atom is -0.481 e. The van der Waals surface area contributed by atoms with Gasteiger partial charge in [0.1, 0.15) is 0 Å². The lowest BCUT2D eigenvalue weighted by Gasteiger charge is -2.03. The molecule has 1 rings (SSSR count). The van der Waals surface area contributed by atoms with Gasteiger partial charge in [0.25, 0.3) is 0 Å². The van der Waals surface area contributed by atoms with Crippen molar-refractivity contribution in [2.45, 2.75) is 18.7 Å². The smallest absolute Gasteiger partial charge is 0.307 e. The Labute approximate surface area is 92.7 Å². The van der Waals surface area contributed by atoms with Gasteiger partial charge in [0, 0.05) is 5.56 Å². The van der Waals surface area contributed by atoms with Gasteiger partial charge in [-0.15, -0.1) is 11.6 Å². The van der Waals surface area contributed by atoms with E-state index in [1.165, 1.54) is 0 Å². The van der Waals surface area contributed by atoms with Gasteiger partial charge in [-0.25, -0.2) is 0 Å². The number of ketones is 1. The molecular formula is C11H11ClO3. The van der Waals surface area contributed by atoms with Gasteiger partial charge in [0.05, 0.1) is 11.8 Å². The van der Waals surface area contributed by atoms with E-state index in [0.29, 0.717) is 11.1 Å². The summed E-state index contributed by atoms with van der Waals surface area (Å²) in [7, 11) is 0. The molecule has 1 aromatic carbocycles. The van der Waals surface area contributed by atoms with Crippen molar-refractivity contribution < 1.29 is 14.7 Å². The van der Waals surface area contributed by atoms with Crippen molar-refractivity contribution in [3.8, 4) is 0 Å². The second-order valence-corrected chi connectivity index (χ2v) is 3.90. The van der Waals surface area contributed by atoms with Crippen molar-refractivity contribution in [3.63, 3.8) is 0 Å². The first-order valence-electron chi connectivity index (χ1n) is 4.49. The van der Waals surface area contributed by atoms with E-state index in [2.05, 4.69) is 0 Å². The van der Waals surface area contributed by atoms with Crippen LogP contribution < -0.4 is 0 Å². The summed E-state index contributed by atoms with van der Waals surface area (Å²) in [5.41, 5.74) is 1.17. The van der Waals surface area contributed by atoms with Crippen molar-refractivity contribution in [2.75, 3.05) is 0 Å². The van der Waals surface area contributed by atoms with Crippen molar-refractivity contribution >= 4 is 23.4 Å². The van der Waals surface area contributed by atoms with Crippen LogP contribution in [-0.4, -0.2) is 22.2 Å². The van der Waals surface area contributed by atoms with Crippen LogP contribution in [-0.2, 0) is 11.2 Å². The maximum atomic E-state index is 11.4. The van der Waals surface area contributed by atoms with Gasteiger partial charge in [0.2, 0.25) is 0 Å². The molecule has 80 valence electrons. The largest absolute Gasteiger partial charge is 0.481 e. The number of benzene rings is 1. The van der Waals surface area contributed by atoms with E-state index in [1.807, 2.05) is 0 Å². The van der Waals surface area contributed by atoms with Crippen molar-refractivity contribution in [1.82, 2.24) is 0 Å². The summed E-state index contributed by atoms with van der Waals surface area (Å²) in [6.45, 7) is 1.61. The molecule has 0 heterocycles. The van der Waals surface area contributed by atoms with Crippen molar-refractivity contribution in [3.05, 3.63) is 35.4 Å². The van der Waals surface area contributed by atoms with Crippen LogP contribution in [0.1, 0.15) is 22.8 Å². The van der Waals surface area contributed by atoms with Gasteiger partial charge < -0.3 is 5.11 Å². The highest BCUT2D eigenvalue weighted by molar-refractivity contribution is 6.33. The first-order valence-corrected chi connectivity index (χ1v) is 4.93. The lowest BCUT2D eigenvalue weighted by molar-refractivity contribution is -0.136. The third-order valence-corrected chi connectivity index (χ3v) is 2.15. The molecule has 4 heteroatoms. The number of carbonyl (C=O) groups is 2. The second-order valence-electron chi connectivity index (χ2n) is 3.25. The average molecular weight is 227 g/mol. The topological polar surface area (TPSA) is 54.4 Å². The molecule has 0 bridgehead atoms. The molecule has 1 N–H and O–H groups in total. The first-order chi connectivity index (χ1) is 7.00. The van der Waals surface area contributed by atoms with E-state index < -0.39 is 11.3 Å². The van der Waals surface area contributed by atoms with Gasteiger partial charge in [-0.3, -0.25) is 9.59 Å². The van der Waals surface area contributed by atoms with Crippen LogP contribution >= 0.6 is 11.6 Å². The highest BCUT2D eigenvalue weighted by Gasteiger charge is 2.11. The number of aliphatic carboxylic acids is 1. The third-order valence-electron chi connectivity index (χ3n) is 1.96. The SMILES string of the molecule is C[C@@H](Cl)C(=O)c1ccc(CC(=O)O)cc1. The molecule has 0 saturated carbocycles. The predicted molar refractivity (Wildman–Crippen MR) is 57.4 cm³/mol. The molecule has 0 aliphatic carbocycles. The lowest BCUT2D eigenvalue weighted by atomic mass is 10.1. The molecule has 1 aromatic rings. The van der Waals surface area contributed by atoms with Gasteiger partial charge in [0.15, 0.2) is 5.78 Å². The molecule has 0 aliphatic rings. The Hall–Kier alpha value is -1.35. The molecule has 1 atom stereocenters. The number of halogens is 1. The number of alkyl halides is 1. The first kappa shape index (κ1) is 11.7. The summed E-state index contributed by atoms with van der Waals surface area (Å²) in [6, 6.07) is 6.44. The zero-order valence-electron chi connectivity index (χ0n) is 8.24. The summed E-state index contributed by atoms with van der Waals surface area (Å²) in [4.78, 5) is 21.8. The van der Waals surface area contributed by atoms with E-state index in [9.17, 15) is 9.59 Å². The zero-order chi connectivity index (χ0) is 11.4. The van der Waals surface area contributed by atoms with Gasteiger partial charge in [-0.05, 0) is 12.5 Å². The maximum absolute atomic E-state index is 11.4. The summed E-state index contributed by atoms with van der Waals surface area (Å²) in [5, 5.41) is 7.99. The average Bonchev–Trinajstić information content (AvgIpc) is 2.17. The maximum Gasteiger partial charge on any atom is 0.307 e.